The third-order valence-corrected chi connectivity index (χ3v) is 9.19. The van der Waals surface area contributed by atoms with Gasteiger partial charge in [-0.05, 0) is 0 Å². The van der Waals surface area contributed by atoms with Crippen LogP contribution in [-0.2, 0) is 6.54 Å². The van der Waals surface area contributed by atoms with Crippen LogP contribution in [0.25, 0.3) is 10.7 Å². The van der Waals surface area contributed by atoms with E-state index in [2.05, 4.69) is 19.4 Å². The molecular formula is C8H8ClN3S2Se2. The van der Waals surface area contributed by atoms with E-state index in [4.69, 9.17) is 11.6 Å². The van der Waals surface area contributed by atoms with Crippen molar-refractivity contribution in [2.75, 3.05) is 0 Å². The zero-order valence-electron chi connectivity index (χ0n) is 8.32. The zero-order valence-corrected chi connectivity index (χ0v) is 14.1. The maximum atomic E-state index is 6.44. The zero-order chi connectivity index (χ0) is 11.1. The Hall–Kier alpha value is 0.519. The topological polar surface area (TPSA) is 33.6 Å². The van der Waals surface area contributed by atoms with Gasteiger partial charge >= 0.3 is 116 Å². The number of H-pyrrole nitrogens is 1. The Morgan fingerprint density at radius 3 is 3.19 bits per heavy atom. The second kappa shape index (κ2) is 4.65. The first-order valence-corrected chi connectivity index (χ1v) is 12.4. The van der Waals surface area contributed by atoms with Gasteiger partial charge in [-0.3, -0.25) is 0 Å². The molecule has 0 spiro atoms. The average Bonchev–Trinajstić information content (AvgIpc) is 2.92. The molecule has 0 saturated heterocycles. The van der Waals surface area contributed by atoms with Gasteiger partial charge in [0.1, 0.15) is 0 Å². The van der Waals surface area contributed by atoms with Crippen LogP contribution in [0.15, 0.2) is 0 Å². The van der Waals surface area contributed by atoms with Gasteiger partial charge in [0, 0.05) is 0 Å². The fourth-order valence-electron chi connectivity index (χ4n) is 1.63. The van der Waals surface area contributed by atoms with E-state index in [0.717, 1.165) is 23.8 Å². The SMILES string of the molecule is CCCn1c2n[se]sc-2c(Cl)c2s[se][nH]c1=2. The van der Waals surface area contributed by atoms with E-state index >= 15 is 0 Å². The van der Waals surface area contributed by atoms with Crippen molar-refractivity contribution in [3.63, 3.8) is 0 Å². The van der Waals surface area contributed by atoms with E-state index < -0.39 is 0 Å². The van der Waals surface area contributed by atoms with E-state index in [1.54, 1.807) is 0 Å². The molecule has 0 aliphatic carbocycles. The summed E-state index contributed by atoms with van der Waals surface area (Å²) in [6.45, 7) is 3.21. The number of hydrogen-bond donors (Lipinski definition) is 1. The van der Waals surface area contributed by atoms with Crippen LogP contribution >= 0.6 is 31.0 Å². The fraction of sp³-hybridized carbons (Fsp3) is 0.375. The minimum absolute atomic E-state index is 0.270. The fourth-order valence-corrected chi connectivity index (χ4v) is 9.50. The summed E-state index contributed by atoms with van der Waals surface area (Å²) in [6, 6.07) is 0. The molecule has 3 aliphatic rings. The standard InChI is InChI=1S/C8H8ClN3S2Se2/c1-2-3-12-7-5(13-15-10-7)4(9)6-8(12)11-16-14-6/h10H,2-3H2,1H3. The average molecular weight is 404 g/mol. The van der Waals surface area contributed by atoms with Crippen LogP contribution in [0.1, 0.15) is 13.3 Å². The molecule has 16 heavy (non-hydrogen) atoms. The van der Waals surface area contributed by atoms with Crippen molar-refractivity contribution >= 4 is 58.2 Å². The van der Waals surface area contributed by atoms with Crippen LogP contribution in [0.4, 0.5) is 0 Å². The van der Waals surface area contributed by atoms with E-state index in [0.29, 0.717) is 13.6 Å². The van der Waals surface area contributed by atoms with Crippen molar-refractivity contribution < 1.29 is 0 Å². The van der Waals surface area contributed by atoms with Crippen molar-refractivity contribution in [2.24, 2.45) is 0 Å². The summed E-state index contributed by atoms with van der Waals surface area (Å²) in [5.74, 6) is 1.10. The molecule has 0 unspecified atom stereocenters. The van der Waals surface area contributed by atoms with Crippen LogP contribution in [0.2, 0.25) is 5.02 Å². The predicted molar refractivity (Wildman–Crippen MR) is 71.1 cm³/mol. The molecule has 3 nitrogen and oxygen atoms in total. The molecule has 0 fully saturated rings. The van der Waals surface area contributed by atoms with Gasteiger partial charge in [-0.25, -0.2) is 0 Å². The van der Waals surface area contributed by atoms with Gasteiger partial charge in [0.05, 0.1) is 0 Å². The number of nitrogens with one attached hydrogen (secondary N) is 1. The molecule has 8 heteroatoms. The molecule has 0 saturated carbocycles. The monoisotopic (exact) mass is 405 g/mol. The molecule has 3 heterocycles. The van der Waals surface area contributed by atoms with E-state index in [9.17, 15) is 0 Å². The molecule has 3 rings (SSSR count). The van der Waals surface area contributed by atoms with Crippen LogP contribution < -0.4 is 0 Å². The Bertz CT molecular complexity index is 667. The minimum atomic E-state index is 0.270. The number of aromatic amines is 1. The Morgan fingerprint density at radius 1 is 1.50 bits per heavy atom. The molecule has 0 bridgehead atoms. The van der Waals surface area contributed by atoms with Crippen molar-refractivity contribution in [1.82, 2.24) is 12.5 Å². The van der Waals surface area contributed by atoms with Crippen molar-refractivity contribution in [3.05, 3.63) is 15.0 Å². The number of nitrogens with zero attached hydrogens (tertiary/aromatic N) is 2. The molecule has 0 radical (unpaired) electrons. The second-order valence-electron chi connectivity index (χ2n) is 3.31. The van der Waals surface area contributed by atoms with Crippen molar-refractivity contribution in [3.8, 4) is 10.7 Å². The van der Waals surface area contributed by atoms with Crippen LogP contribution in [0, 0.1) is 10.0 Å². The quantitative estimate of drug-likeness (QED) is 0.655. The van der Waals surface area contributed by atoms with Crippen LogP contribution in [0.5, 0.6) is 0 Å². The first kappa shape index (κ1) is 11.6. The Morgan fingerprint density at radius 2 is 2.38 bits per heavy atom. The van der Waals surface area contributed by atoms with Gasteiger partial charge in [0.25, 0.3) is 0 Å². The third kappa shape index (κ3) is 1.70. The normalized spacial score (nSPS) is 11.6. The molecule has 0 aromatic carbocycles. The van der Waals surface area contributed by atoms with Crippen molar-refractivity contribution in [2.45, 2.75) is 19.9 Å². The number of fused-ring (bicyclic) bond motifs is 1. The van der Waals surface area contributed by atoms with Gasteiger partial charge in [0.2, 0.25) is 0 Å². The van der Waals surface area contributed by atoms with Crippen LogP contribution in [0.3, 0.4) is 0 Å². The van der Waals surface area contributed by atoms with E-state index in [1.165, 1.54) is 14.9 Å². The molecule has 3 aliphatic heterocycles. The third-order valence-electron chi connectivity index (χ3n) is 2.30. The Balaban J connectivity index is 2.51. The molecule has 0 atom stereocenters. The van der Waals surface area contributed by atoms with Gasteiger partial charge in [-0.15, -0.1) is 0 Å². The van der Waals surface area contributed by atoms with Gasteiger partial charge in [-0.2, -0.15) is 0 Å². The summed E-state index contributed by atoms with van der Waals surface area (Å²) >= 11 is 7.09. The molecule has 0 aromatic rings. The first-order valence-electron chi connectivity index (χ1n) is 4.76. The van der Waals surface area contributed by atoms with E-state index in [-0.39, 0.29) is 13.6 Å². The summed E-state index contributed by atoms with van der Waals surface area (Å²) < 4.78 is 11.6. The molecule has 0 amide bonds. The van der Waals surface area contributed by atoms with Crippen molar-refractivity contribution in [1.29, 1.82) is 0 Å². The second-order valence-corrected chi connectivity index (χ2v) is 10.1. The summed E-state index contributed by atoms with van der Waals surface area (Å²) in [7, 11) is 3.66. The summed E-state index contributed by atoms with van der Waals surface area (Å²) in [4.78, 5) is 1.20. The maximum absolute atomic E-state index is 6.44. The summed E-state index contributed by atoms with van der Waals surface area (Å²) in [6.07, 6.45) is 1.12. The van der Waals surface area contributed by atoms with Gasteiger partial charge in [-0.1, -0.05) is 0 Å². The van der Waals surface area contributed by atoms with Gasteiger partial charge < -0.3 is 0 Å². The Kier molecular flexibility index (Phi) is 3.37. The Labute approximate surface area is 115 Å². The molecule has 1 N–H and O–H groups in total. The first-order chi connectivity index (χ1) is 7.83. The number of halogens is 1. The summed E-state index contributed by atoms with van der Waals surface area (Å²) in [5.41, 5.74) is 1.19. The number of hydrogen-bond acceptors (Lipinski definition) is 3. The predicted octanol–water partition coefficient (Wildman–Crippen LogP) is 2.47. The molecular weight excluding hydrogens is 396 g/mol. The number of rotatable bonds is 2. The number of aromatic nitrogens is 3. The summed E-state index contributed by atoms with van der Waals surface area (Å²) in [5, 5.41) is 0.919. The van der Waals surface area contributed by atoms with E-state index in [1.807, 2.05) is 19.4 Å². The van der Waals surface area contributed by atoms with Crippen LogP contribution in [-0.4, -0.2) is 39.7 Å². The molecule has 86 valence electrons. The van der Waals surface area contributed by atoms with Gasteiger partial charge in [0.15, 0.2) is 0 Å². The molecule has 0 aromatic heterocycles.